The van der Waals surface area contributed by atoms with Gasteiger partial charge in [0, 0.05) is 31.1 Å². The van der Waals surface area contributed by atoms with Gasteiger partial charge < -0.3 is 14.0 Å². The number of fused-ring (bicyclic) bond motifs is 1. The number of hydrogen-bond donors (Lipinski definition) is 0. The van der Waals surface area contributed by atoms with Crippen molar-refractivity contribution in [2.24, 2.45) is 5.92 Å². The van der Waals surface area contributed by atoms with Gasteiger partial charge in [-0.15, -0.1) is 0 Å². The lowest BCUT2D eigenvalue weighted by Crippen LogP contribution is -2.41. The summed E-state index contributed by atoms with van der Waals surface area (Å²) in [4.78, 5) is 1.82. The van der Waals surface area contributed by atoms with Gasteiger partial charge in [0.25, 0.3) is 0 Å². The molecule has 5 rings (SSSR count). The molecule has 3 heterocycles. The second-order valence-electron chi connectivity index (χ2n) is 12.3. The van der Waals surface area contributed by atoms with Gasteiger partial charge in [-0.3, -0.25) is 0 Å². The van der Waals surface area contributed by atoms with Crippen molar-refractivity contribution < 1.29 is 14.0 Å². The Bertz CT molecular complexity index is 1200. The first kappa shape index (κ1) is 24.7. The molecule has 1 aliphatic carbocycles. The van der Waals surface area contributed by atoms with Crippen molar-refractivity contribution in [2.75, 3.05) is 6.61 Å². The average molecular weight is 496 g/mol. The molecule has 1 aliphatic heterocycles. The summed E-state index contributed by atoms with van der Waals surface area (Å²) in [6, 6.07) is 5.29. The third-order valence-corrected chi connectivity index (χ3v) is 9.18. The van der Waals surface area contributed by atoms with Crippen molar-refractivity contribution in [3.63, 3.8) is 0 Å². The van der Waals surface area contributed by atoms with Crippen LogP contribution in [-0.2, 0) is 27.3 Å². The van der Waals surface area contributed by atoms with Crippen molar-refractivity contribution in [3.8, 4) is 11.3 Å². The minimum absolute atomic E-state index is 0.387. The van der Waals surface area contributed by atoms with Crippen molar-refractivity contribution in [2.45, 2.75) is 90.7 Å². The van der Waals surface area contributed by atoms with Gasteiger partial charge in [0.05, 0.1) is 35.7 Å². The van der Waals surface area contributed by atoms with Crippen LogP contribution < -0.4 is 5.46 Å². The summed E-state index contributed by atoms with van der Waals surface area (Å²) in [5.41, 5.74) is 2.94. The van der Waals surface area contributed by atoms with E-state index in [0.717, 1.165) is 52.7 Å². The van der Waals surface area contributed by atoms with Gasteiger partial charge >= 0.3 is 7.12 Å². The lowest BCUT2D eigenvalue weighted by molar-refractivity contribution is 0.00578. The Balaban J connectivity index is 1.50. The second-order valence-corrected chi connectivity index (χ2v) is 17.9. The van der Waals surface area contributed by atoms with E-state index in [4.69, 9.17) is 24.2 Å². The third kappa shape index (κ3) is 5.12. The number of aromatic nitrogens is 5. The lowest BCUT2D eigenvalue weighted by Gasteiger charge is -2.32. The fourth-order valence-electron chi connectivity index (χ4n) is 4.28. The lowest BCUT2D eigenvalue weighted by atomic mass is 9.77. The minimum atomic E-state index is -1.17. The third-order valence-electron chi connectivity index (χ3n) is 7.48. The molecule has 0 atom stereocenters. The van der Waals surface area contributed by atoms with Gasteiger partial charge in [0.15, 0.2) is 0 Å². The molecular formula is C25H38BN5O3Si. The molecule has 0 spiro atoms. The zero-order chi connectivity index (χ0) is 25.0. The van der Waals surface area contributed by atoms with Gasteiger partial charge in [-0.2, -0.15) is 20.1 Å². The Morgan fingerprint density at radius 1 is 1.06 bits per heavy atom. The van der Waals surface area contributed by atoms with Crippen LogP contribution in [0.4, 0.5) is 0 Å². The highest BCUT2D eigenvalue weighted by Crippen LogP contribution is 2.38. The summed E-state index contributed by atoms with van der Waals surface area (Å²) in [7, 11) is -1.65. The number of hydrogen-bond acceptors (Lipinski definition) is 6. The van der Waals surface area contributed by atoms with E-state index in [-0.39, 0.29) is 0 Å². The first-order chi connectivity index (χ1) is 16.4. The average Bonchev–Trinajstić information content (AvgIpc) is 3.19. The van der Waals surface area contributed by atoms with Crippen LogP contribution in [0, 0.1) is 5.92 Å². The maximum absolute atomic E-state index is 6.42. The summed E-state index contributed by atoms with van der Waals surface area (Å²) in [5.74, 6) is 0.720. The summed E-state index contributed by atoms with van der Waals surface area (Å²) >= 11 is 0. The highest BCUT2D eigenvalue weighted by molar-refractivity contribution is 6.76. The van der Waals surface area contributed by atoms with Crippen molar-refractivity contribution in [3.05, 3.63) is 24.5 Å². The van der Waals surface area contributed by atoms with Gasteiger partial charge in [0.1, 0.15) is 12.4 Å². The van der Waals surface area contributed by atoms with E-state index in [2.05, 4.69) is 64.6 Å². The SMILES string of the molecule is CC1(C)OB(c2ccc(-c3cnn(CC4CC4)n3)c3cnn(COCC[Si](C)(C)C)c23)OC1(C)C. The quantitative estimate of drug-likeness (QED) is 0.325. The highest BCUT2D eigenvalue weighted by Gasteiger charge is 2.52. The van der Waals surface area contributed by atoms with E-state index in [1.165, 1.54) is 12.8 Å². The fraction of sp³-hybridized carbons (Fsp3) is 0.640. The maximum Gasteiger partial charge on any atom is 0.497 e. The Hall–Kier alpha value is -2.01. The minimum Gasteiger partial charge on any atom is -0.399 e. The first-order valence-electron chi connectivity index (χ1n) is 12.8. The molecule has 35 heavy (non-hydrogen) atoms. The summed E-state index contributed by atoms with van der Waals surface area (Å²) in [6.45, 7) is 17.4. The van der Waals surface area contributed by atoms with Crippen LogP contribution in [0.25, 0.3) is 22.2 Å². The number of ether oxygens (including phenoxy) is 1. The molecule has 1 saturated heterocycles. The molecule has 0 amide bonds. The molecule has 3 aromatic rings. The van der Waals surface area contributed by atoms with Crippen molar-refractivity contribution in [1.29, 1.82) is 0 Å². The first-order valence-corrected chi connectivity index (χ1v) is 16.5. The van der Waals surface area contributed by atoms with Gasteiger partial charge in [-0.25, -0.2) is 4.68 Å². The molecule has 2 aliphatic rings. The van der Waals surface area contributed by atoms with E-state index < -0.39 is 26.4 Å². The molecule has 2 aromatic heterocycles. The monoisotopic (exact) mass is 495 g/mol. The van der Waals surface area contributed by atoms with Crippen LogP contribution >= 0.6 is 0 Å². The summed E-state index contributed by atoms with van der Waals surface area (Å²) < 4.78 is 20.9. The largest absolute Gasteiger partial charge is 0.497 e. The van der Waals surface area contributed by atoms with E-state index in [9.17, 15) is 0 Å². The van der Waals surface area contributed by atoms with Gasteiger partial charge in [-0.1, -0.05) is 31.8 Å². The van der Waals surface area contributed by atoms with Crippen LogP contribution in [0.2, 0.25) is 25.7 Å². The maximum atomic E-state index is 6.42. The standard InChI is InChI=1S/C25H38BN5O3Si/c1-24(2)25(3,4)34-26(33-24)21-11-10-19(22-15-28-31(29-22)16-18-8-9-18)20-14-27-30(23(20)21)17-32-12-13-35(5,6)7/h10-11,14-15,18H,8-9,12-13,16-17H2,1-7H3. The molecule has 0 radical (unpaired) electrons. The molecule has 0 unspecified atom stereocenters. The van der Waals surface area contributed by atoms with Gasteiger partial charge in [-0.05, 0) is 52.5 Å². The molecule has 0 bridgehead atoms. The number of rotatable bonds is 9. The predicted molar refractivity (Wildman–Crippen MR) is 141 cm³/mol. The van der Waals surface area contributed by atoms with E-state index in [1.807, 2.05) is 21.9 Å². The predicted octanol–water partition coefficient (Wildman–Crippen LogP) is 4.32. The van der Waals surface area contributed by atoms with Gasteiger partial charge in [0.2, 0.25) is 0 Å². The molecular weight excluding hydrogens is 457 g/mol. The van der Waals surface area contributed by atoms with Crippen molar-refractivity contribution in [1.82, 2.24) is 24.8 Å². The van der Waals surface area contributed by atoms with Crippen LogP contribution in [0.3, 0.4) is 0 Å². The summed E-state index contributed by atoms with van der Waals surface area (Å²) in [5, 5.41) is 15.0. The highest BCUT2D eigenvalue weighted by atomic mass is 28.3. The fourth-order valence-corrected chi connectivity index (χ4v) is 5.04. The smallest absolute Gasteiger partial charge is 0.399 e. The Morgan fingerprint density at radius 3 is 2.43 bits per heavy atom. The molecule has 8 nitrogen and oxygen atoms in total. The molecule has 0 N–H and O–H groups in total. The molecule has 2 fully saturated rings. The van der Waals surface area contributed by atoms with Crippen LogP contribution in [0.5, 0.6) is 0 Å². The van der Waals surface area contributed by atoms with Crippen molar-refractivity contribution >= 4 is 31.6 Å². The van der Waals surface area contributed by atoms with Crippen LogP contribution in [-0.4, -0.2) is 57.8 Å². The van der Waals surface area contributed by atoms with Crippen LogP contribution in [0.15, 0.2) is 24.5 Å². The Morgan fingerprint density at radius 2 is 1.77 bits per heavy atom. The molecule has 1 saturated carbocycles. The summed E-state index contributed by atoms with van der Waals surface area (Å²) in [6.07, 6.45) is 6.30. The Kier molecular flexibility index (Phi) is 6.23. The number of nitrogens with zero attached hydrogens (tertiary/aromatic N) is 5. The molecule has 10 heteroatoms. The second kappa shape index (κ2) is 8.83. The van der Waals surface area contributed by atoms with E-state index in [1.54, 1.807) is 0 Å². The topological polar surface area (TPSA) is 76.2 Å². The number of benzene rings is 1. The zero-order valence-electron chi connectivity index (χ0n) is 22.2. The molecule has 1 aromatic carbocycles. The Labute approximate surface area is 209 Å². The normalized spacial score (nSPS) is 19.7. The van der Waals surface area contributed by atoms with E-state index in [0.29, 0.717) is 6.73 Å². The zero-order valence-corrected chi connectivity index (χ0v) is 23.2. The van der Waals surface area contributed by atoms with Crippen LogP contribution in [0.1, 0.15) is 40.5 Å². The molecule has 188 valence electrons. The van der Waals surface area contributed by atoms with E-state index >= 15 is 0 Å².